The number of aromatic nitrogens is 2. The van der Waals surface area contributed by atoms with Crippen molar-refractivity contribution in [2.45, 2.75) is 39.0 Å². The second kappa shape index (κ2) is 5.73. The molecular formula is C20H23N3. The number of hydrogen-bond donors (Lipinski definition) is 1. The maximum Gasteiger partial charge on any atom is 0.0639 e. The molecule has 3 heteroatoms. The van der Waals surface area contributed by atoms with Crippen LogP contribution < -0.4 is 5.32 Å². The van der Waals surface area contributed by atoms with Gasteiger partial charge in [-0.05, 0) is 68.0 Å². The first-order valence-corrected chi connectivity index (χ1v) is 8.58. The Bertz CT molecular complexity index is 826. The first-order chi connectivity index (χ1) is 11.3. The van der Waals surface area contributed by atoms with Gasteiger partial charge in [0.1, 0.15) is 0 Å². The van der Waals surface area contributed by atoms with Crippen molar-refractivity contribution in [1.82, 2.24) is 9.55 Å². The minimum absolute atomic E-state index is 0.716. The number of pyridine rings is 1. The molecular weight excluding hydrogens is 282 g/mol. The number of aryl methyl sites for hydroxylation is 1. The molecule has 0 saturated heterocycles. The molecule has 3 nitrogen and oxygen atoms in total. The van der Waals surface area contributed by atoms with Gasteiger partial charge in [0.2, 0.25) is 0 Å². The lowest BCUT2D eigenvalue weighted by Gasteiger charge is -2.13. The van der Waals surface area contributed by atoms with Crippen molar-refractivity contribution in [3.05, 3.63) is 54.0 Å². The van der Waals surface area contributed by atoms with Crippen LogP contribution in [0.15, 0.2) is 42.7 Å². The van der Waals surface area contributed by atoms with Crippen molar-refractivity contribution in [2.24, 2.45) is 0 Å². The summed E-state index contributed by atoms with van der Waals surface area (Å²) in [5.41, 5.74) is 6.27. The van der Waals surface area contributed by atoms with Crippen LogP contribution in [0.1, 0.15) is 43.4 Å². The Kier molecular flexibility index (Phi) is 3.56. The van der Waals surface area contributed by atoms with Crippen LogP contribution in [0.2, 0.25) is 0 Å². The molecule has 0 unspecified atom stereocenters. The highest BCUT2D eigenvalue weighted by Crippen LogP contribution is 2.45. The van der Waals surface area contributed by atoms with E-state index >= 15 is 0 Å². The Labute approximate surface area is 137 Å². The Morgan fingerprint density at radius 2 is 2.09 bits per heavy atom. The van der Waals surface area contributed by atoms with Crippen molar-refractivity contribution >= 4 is 16.6 Å². The molecule has 1 fully saturated rings. The normalized spacial score (nSPS) is 14.3. The van der Waals surface area contributed by atoms with Gasteiger partial charge in [0.15, 0.2) is 0 Å². The number of nitrogens with one attached hydrogen (secondary N) is 1. The summed E-state index contributed by atoms with van der Waals surface area (Å²) < 4.78 is 2.29. The zero-order chi connectivity index (χ0) is 15.8. The highest BCUT2D eigenvalue weighted by Gasteiger charge is 2.27. The van der Waals surface area contributed by atoms with Crippen LogP contribution in [0.25, 0.3) is 16.6 Å². The molecule has 2 heterocycles. The van der Waals surface area contributed by atoms with E-state index in [1.54, 1.807) is 0 Å². The first-order valence-electron chi connectivity index (χ1n) is 8.58. The fraction of sp³-hybridized carbons (Fsp3) is 0.350. The van der Waals surface area contributed by atoms with Gasteiger partial charge in [-0.15, -0.1) is 0 Å². The predicted molar refractivity (Wildman–Crippen MR) is 96.6 cm³/mol. The van der Waals surface area contributed by atoms with E-state index in [-0.39, 0.29) is 0 Å². The third-order valence-corrected chi connectivity index (χ3v) is 4.58. The Morgan fingerprint density at radius 3 is 2.78 bits per heavy atom. The smallest absolute Gasteiger partial charge is 0.0639 e. The van der Waals surface area contributed by atoms with Crippen LogP contribution in [0.3, 0.4) is 0 Å². The van der Waals surface area contributed by atoms with Crippen molar-refractivity contribution in [3.63, 3.8) is 0 Å². The summed E-state index contributed by atoms with van der Waals surface area (Å²) in [7, 11) is 0. The van der Waals surface area contributed by atoms with Crippen molar-refractivity contribution < 1.29 is 0 Å². The third kappa shape index (κ3) is 2.72. The monoisotopic (exact) mass is 305 g/mol. The average Bonchev–Trinajstić information content (AvgIpc) is 3.33. The molecule has 0 atom stereocenters. The quantitative estimate of drug-likeness (QED) is 0.716. The molecule has 3 aromatic rings. The lowest BCUT2D eigenvalue weighted by atomic mass is 10.1. The fourth-order valence-electron chi connectivity index (χ4n) is 3.21. The van der Waals surface area contributed by atoms with E-state index < -0.39 is 0 Å². The molecule has 0 spiro atoms. The van der Waals surface area contributed by atoms with Gasteiger partial charge in [0.25, 0.3) is 0 Å². The van der Waals surface area contributed by atoms with Crippen molar-refractivity contribution in [3.8, 4) is 5.69 Å². The minimum atomic E-state index is 0.716. The molecule has 1 N–H and O–H groups in total. The van der Waals surface area contributed by atoms with Crippen LogP contribution in [0.5, 0.6) is 0 Å². The Hall–Kier alpha value is -2.29. The van der Waals surface area contributed by atoms with Gasteiger partial charge in [0, 0.05) is 29.5 Å². The third-order valence-electron chi connectivity index (χ3n) is 4.58. The highest BCUT2D eigenvalue weighted by atomic mass is 15.0. The van der Waals surface area contributed by atoms with E-state index in [0.717, 1.165) is 24.3 Å². The summed E-state index contributed by atoms with van der Waals surface area (Å²) in [6.07, 6.45) is 7.90. The fourth-order valence-corrected chi connectivity index (χ4v) is 3.21. The summed E-state index contributed by atoms with van der Waals surface area (Å²) in [4.78, 5) is 4.46. The first kappa shape index (κ1) is 14.3. The zero-order valence-electron chi connectivity index (χ0n) is 13.8. The molecule has 2 aromatic heterocycles. The minimum Gasteiger partial charge on any atom is -0.385 e. The van der Waals surface area contributed by atoms with Gasteiger partial charge >= 0.3 is 0 Å². The van der Waals surface area contributed by atoms with Gasteiger partial charge in [-0.3, -0.25) is 4.98 Å². The molecule has 23 heavy (non-hydrogen) atoms. The summed E-state index contributed by atoms with van der Waals surface area (Å²) in [6.45, 7) is 5.26. The summed E-state index contributed by atoms with van der Waals surface area (Å²) in [6, 6.07) is 11.1. The molecule has 1 saturated carbocycles. The average molecular weight is 305 g/mol. The molecule has 1 aliphatic carbocycles. The molecule has 0 amide bonds. The van der Waals surface area contributed by atoms with Crippen LogP contribution in [0.4, 0.5) is 5.69 Å². The van der Waals surface area contributed by atoms with Crippen LogP contribution >= 0.6 is 0 Å². The van der Waals surface area contributed by atoms with Gasteiger partial charge in [-0.1, -0.05) is 6.92 Å². The molecule has 118 valence electrons. The van der Waals surface area contributed by atoms with E-state index in [1.807, 2.05) is 13.1 Å². The second-order valence-electron chi connectivity index (χ2n) is 6.55. The number of fused-ring (bicyclic) bond motifs is 1. The maximum atomic E-state index is 4.46. The zero-order valence-corrected chi connectivity index (χ0v) is 13.8. The van der Waals surface area contributed by atoms with Crippen LogP contribution in [-0.2, 0) is 0 Å². The lowest BCUT2D eigenvalue weighted by Crippen LogP contribution is -2.01. The SMILES string of the molecule is CCCNc1cc(C2CC2)c2c(ccn2-c2ccc(C)nc2)c1. The Morgan fingerprint density at radius 1 is 1.22 bits per heavy atom. The number of rotatable bonds is 5. The van der Waals surface area contributed by atoms with Crippen LogP contribution in [-0.4, -0.2) is 16.1 Å². The van der Waals surface area contributed by atoms with E-state index in [2.05, 4.69) is 58.3 Å². The molecule has 1 aromatic carbocycles. The predicted octanol–water partition coefficient (Wildman–Crippen LogP) is 5.03. The van der Waals surface area contributed by atoms with E-state index in [1.165, 1.54) is 35.0 Å². The van der Waals surface area contributed by atoms with E-state index in [4.69, 9.17) is 0 Å². The number of nitrogens with zero attached hydrogens (tertiary/aromatic N) is 2. The van der Waals surface area contributed by atoms with E-state index in [0.29, 0.717) is 5.92 Å². The summed E-state index contributed by atoms with van der Waals surface area (Å²) >= 11 is 0. The summed E-state index contributed by atoms with van der Waals surface area (Å²) in [5, 5.41) is 4.86. The van der Waals surface area contributed by atoms with Crippen LogP contribution in [0, 0.1) is 6.92 Å². The standard InChI is InChI=1S/C20H23N3/c1-3-9-21-17-11-16-8-10-23(18-7-4-14(2)22-13-18)20(16)19(12-17)15-5-6-15/h4,7-8,10-13,15,21H,3,5-6,9H2,1-2H3. The van der Waals surface area contributed by atoms with E-state index in [9.17, 15) is 0 Å². The topological polar surface area (TPSA) is 29.9 Å². The number of hydrogen-bond acceptors (Lipinski definition) is 2. The van der Waals surface area contributed by atoms with Crippen molar-refractivity contribution in [1.29, 1.82) is 0 Å². The molecule has 0 radical (unpaired) electrons. The highest BCUT2D eigenvalue weighted by molar-refractivity contribution is 5.89. The maximum absolute atomic E-state index is 4.46. The number of benzene rings is 1. The van der Waals surface area contributed by atoms with Gasteiger partial charge < -0.3 is 9.88 Å². The van der Waals surface area contributed by atoms with Crippen molar-refractivity contribution in [2.75, 3.05) is 11.9 Å². The molecule has 0 aliphatic heterocycles. The van der Waals surface area contributed by atoms with Gasteiger partial charge in [0.05, 0.1) is 17.4 Å². The number of anilines is 1. The second-order valence-corrected chi connectivity index (χ2v) is 6.55. The Balaban J connectivity index is 1.85. The van der Waals surface area contributed by atoms with Gasteiger partial charge in [-0.25, -0.2) is 0 Å². The molecule has 1 aliphatic rings. The van der Waals surface area contributed by atoms with Gasteiger partial charge in [-0.2, -0.15) is 0 Å². The molecule has 4 rings (SSSR count). The largest absolute Gasteiger partial charge is 0.385 e. The molecule has 0 bridgehead atoms. The summed E-state index contributed by atoms with van der Waals surface area (Å²) in [5.74, 6) is 0.716. The lowest BCUT2D eigenvalue weighted by molar-refractivity contribution is 0.978.